The number of esters is 1. The Morgan fingerprint density at radius 1 is 1.07 bits per heavy atom. The zero-order chi connectivity index (χ0) is 21.9. The first kappa shape index (κ1) is 22.3. The van der Waals surface area contributed by atoms with Crippen LogP contribution in [0, 0.1) is 0 Å². The summed E-state index contributed by atoms with van der Waals surface area (Å²) in [4.78, 5) is 13.6. The lowest BCUT2D eigenvalue weighted by atomic mass is 10.1. The fraction of sp³-hybridized carbons (Fsp3) is 0.421. The average molecular weight is 446 g/mol. The summed E-state index contributed by atoms with van der Waals surface area (Å²) < 4.78 is 74.6. The van der Waals surface area contributed by atoms with Crippen molar-refractivity contribution in [3.63, 3.8) is 0 Å². The van der Waals surface area contributed by atoms with Crippen molar-refractivity contribution in [2.24, 2.45) is 0 Å². The van der Waals surface area contributed by atoms with Gasteiger partial charge in [0.15, 0.2) is 0 Å². The number of benzene rings is 1. The number of hydrogen-bond donors (Lipinski definition) is 0. The molecule has 1 fully saturated rings. The number of rotatable bonds is 6. The summed E-state index contributed by atoms with van der Waals surface area (Å²) in [6.45, 7) is 3.39. The van der Waals surface area contributed by atoms with Crippen LogP contribution in [0.25, 0.3) is 0 Å². The summed E-state index contributed by atoms with van der Waals surface area (Å²) in [6, 6.07) is 7.39. The number of sulfonamides is 1. The molecule has 0 atom stereocenters. The predicted molar refractivity (Wildman–Crippen MR) is 100 cm³/mol. The summed E-state index contributed by atoms with van der Waals surface area (Å²) >= 11 is 0. The van der Waals surface area contributed by atoms with Gasteiger partial charge in [0.2, 0.25) is 10.9 Å². The van der Waals surface area contributed by atoms with E-state index >= 15 is 0 Å². The van der Waals surface area contributed by atoms with E-state index in [1.807, 2.05) is 4.90 Å². The third-order valence-electron chi connectivity index (χ3n) is 4.67. The van der Waals surface area contributed by atoms with Gasteiger partial charge in [0.1, 0.15) is 0 Å². The molecule has 1 aromatic heterocycles. The molecule has 7 nitrogen and oxygen atoms in total. The van der Waals surface area contributed by atoms with Crippen molar-refractivity contribution in [2.45, 2.75) is 24.7 Å². The molecule has 0 radical (unpaired) electrons. The average Bonchev–Trinajstić information content (AvgIpc) is 3.20. The van der Waals surface area contributed by atoms with Gasteiger partial charge in [-0.25, -0.2) is 13.2 Å². The van der Waals surface area contributed by atoms with Gasteiger partial charge in [0, 0.05) is 32.7 Å². The standard InChI is InChI=1S/C19H21F3N2O5S/c1-2-28-18(25)16-7-8-17(29-16)30(26,27)24-11-9-23(10-12-24)13-14-3-5-15(6-4-14)19(20,21)22/h3-8H,2,9-13H2,1H3. The van der Waals surface area contributed by atoms with Crippen molar-refractivity contribution < 1.29 is 35.5 Å². The number of carbonyl (C=O) groups is 1. The Hall–Kier alpha value is -2.37. The molecule has 1 aliphatic rings. The van der Waals surface area contributed by atoms with Gasteiger partial charge in [0.05, 0.1) is 12.2 Å². The van der Waals surface area contributed by atoms with Crippen LogP contribution in [0.15, 0.2) is 45.9 Å². The molecule has 0 spiro atoms. The fourth-order valence-corrected chi connectivity index (χ4v) is 4.42. The maximum Gasteiger partial charge on any atom is 0.416 e. The maximum atomic E-state index is 12.7. The van der Waals surface area contributed by atoms with Crippen LogP contribution in [0.4, 0.5) is 13.2 Å². The minimum Gasteiger partial charge on any atom is -0.460 e. The monoisotopic (exact) mass is 446 g/mol. The molecule has 11 heteroatoms. The Kier molecular flexibility index (Phi) is 6.53. The fourth-order valence-electron chi connectivity index (χ4n) is 3.08. The molecule has 0 unspecified atom stereocenters. The Balaban J connectivity index is 1.59. The molecule has 0 N–H and O–H groups in total. The Morgan fingerprint density at radius 2 is 1.70 bits per heavy atom. The minimum atomic E-state index is -4.38. The van der Waals surface area contributed by atoms with Crippen molar-refractivity contribution >= 4 is 16.0 Å². The van der Waals surface area contributed by atoms with Crippen molar-refractivity contribution in [3.8, 4) is 0 Å². The molecular formula is C19H21F3N2O5S. The van der Waals surface area contributed by atoms with E-state index in [1.165, 1.54) is 28.6 Å². The van der Waals surface area contributed by atoms with Crippen LogP contribution in [0.5, 0.6) is 0 Å². The van der Waals surface area contributed by atoms with Crippen molar-refractivity contribution in [1.29, 1.82) is 0 Å². The second-order valence-corrected chi connectivity index (χ2v) is 8.58. The molecule has 0 saturated carbocycles. The first-order valence-corrected chi connectivity index (χ1v) is 10.7. The zero-order valence-electron chi connectivity index (χ0n) is 16.2. The highest BCUT2D eigenvalue weighted by atomic mass is 32.2. The molecule has 2 heterocycles. The minimum absolute atomic E-state index is 0.141. The second-order valence-electron chi connectivity index (χ2n) is 6.71. The molecule has 3 rings (SSSR count). The van der Waals surface area contributed by atoms with E-state index in [9.17, 15) is 26.4 Å². The van der Waals surface area contributed by atoms with E-state index in [1.54, 1.807) is 6.92 Å². The number of halogens is 3. The van der Waals surface area contributed by atoms with Crippen LogP contribution in [0.3, 0.4) is 0 Å². The highest BCUT2D eigenvalue weighted by Gasteiger charge is 2.32. The first-order valence-electron chi connectivity index (χ1n) is 9.27. The number of ether oxygens (including phenoxy) is 1. The Morgan fingerprint density at radius 3 is 2.27 bits per heavy atom. The predicted octanol–water partition coefficient (Wildman–Crippen LogP) is 2.98. The quantitative estimate of drug-likeness (QED) is 0.635. The SMILES string of the molecule is CCOC(=O)c1ccc(S(=O)(=O)N2CCN(Cc3ccc(C(F)(F)F)cc3)CC2)o1. The van der Waals surface area contributed by atoms with E-state index in [4.69, 9.17) is 9.15 Å². The van der Waals surface area contributed by atoms with E-state index < -0.39 is 27.7 Å². The van der Waals surface area contributed by atoms with Crippen LogP contribution < -0.4 is 0 Å². The maximum absolute atomic E-state index is 12.7. The molecule has 0 aliphatic carbocycles. The molecule has 1 aromatic carbocycles. The largest absolute Gasteiger partial charge is 0.460 e. The van der Waals surface area contributed by atoms with Gasteiger partial charge in [-0.2, -0.15) is 17.5 Å². The van der Waals surface area contributed by atoms with Gasteiger partial charge in [-0.05, 0) is 36.8 Å². The molecule has 2 aromatic rings. The number of nitrogens with zero attached hydrogens (tertiary/aromatic N) is 2. The smallest absolute Gasteiger partial charge is 0.416 e. The highest BCUT2D eigenvalue weighted by Crippen LogP contribution is 2.29. The number of alkyl halides is 3. The van der Waals surface area contributed by atoms with Gasteiger partial charge >= 0.3 is 12.1 Å². The summed E-state index contributed by atoms with van der Waals surface area (Å²) in [5.74, 6) is -0.920. The van der Waals surface area contributed by atoms with Crippen LogP contribution in [-0.4, -0.2) is 56.4 Å². The molecule has 30 heavy (non-hydrogen) atoms. The van der Waals surface area contributed by atoms with Crippen LogP contribution >= 0.6 is 0 Å². The summed E-state index contributed by atoms with van der Waals surface area (Å²) in [5.41, 5.74) is 0.00668. The number of hydrogen-bond acceptors (Lipinski definition) is 6. The lowest BCUT2D eigenvalue weighted by Gasteiger charge is -2.33. The van der Waals surface area contributed by atoms with Gasteiger partial charge in [-0.1, -0.05) is 12.1 Å². The number of piperazine rings is 1. The van der Waals surface area contributed by atoms with Crippen LogP contribution in [0.1, 0.15) is 28.6 Å². The lowest BCUT2D eigenvalue weighted by Crippen LogP contribution is -2.48. The summed E-state index contributed by atoms with van der Waals surface area (Å²) in [6.07, 6.45) is -4.38. The van der Waals surface area contributed by atoms with E-state index in [2.05, 4.69) is 0 Å². The van der Waals surface area contributed by atoms with Gasteiger partial charge in [0.25, 0.3) is 10.0 Å². The summed E-state index contributed by atoms with van der Waals surface area (Å²) in [7, 11) is -3.90. The van der Waals surface area contributed by atoms with E-state index in [0.29, 0.717) is 25.2 Å². The molecule has 1 aliphatic heterocycles. The van der Waals surface area contributed by atoms with Crippen LogP contribution in [0.2, 0.25) is 0 Å². The first-order chi connectivity index (χ1) is 14.1. The molecular weight excluding hydrogens is 425 g/mol. The topological polar surface area (TPSA) is 80.1 Å². The number of furan rings is 1. The molecule has 164 valence electrons. The van der Waals surface area contributed by atoms with Gasteiger partial charge < -0.3 is 9.15 Å². The normalized spacial score (nSPS) is 16.5. The van der Waals surface area contributed by atoms with Crippen molar-refractivity contribution in [1.82, 2.24) is 9.21 Å². The third-order valence-corrected chi connectivity index (χ3v) is 6.44. The molecule has 0 bridgehead atoms. The highest BCUT2D eigenvalue weighted by molar-refractivity contribution is 7.89. The lowest BCUT2D eigenvalue weighted by molar-refractivity contribution is -0.137. The second kappa shape index (κ2) is 8.78. The summed E-state index contributed by atoms with van der Waals surface area (Å²) in [5, 5.41) is -0.332. The van der Waals surface area contributed by atoms with Gasteiger partial charge in [-0.3, -0.25) is 4.90 Å². The van der Waals surface area contributed by atoms with E-state index in [0.717, 1.165) is 12.1 Å². The third kappa shape index (κ3) is 5.02. The Bertz CT molecular complexity index is 978. The van der Waals surface area contributed by atoms with E-state index in [-0.39, 0.29) is 30.5 Å². The molecule has 1 saturated heterocycles. The Labute approximate surface area is 172 Å². The van der Waals surface area contributed by atoms with Crippen molar-refractivity contribution in [3.05, 3.63) is 53.3 Å². The van der Waals surface area contributed by atoms with Crippen molar-refractivity contribution in [2.75, 3.05) is 32.8 Å². The zero-order valence-corrected chi connectivity index (χ0v) is 17.0. The van der Waals surface area contributed by atoms with Gasteiger partial charge in [-0.15, -0.1) is 0 Å². The molecule has 0 amide bonds. The van der Waals surface area contributed by atoms with Crippen LogP contribution in [-0.2, 0) is 27.5 Å². The number of carbonyl (C=O) groups excluding carboxylic acids is 1.